The van der Waals surface area contributed by atoms with Gasteiger partial charge >= 0.3 is 0 Å². The van der Waals surface area contributed by atoms with Gasteiger partial charge in [-0.3, -0.25) is 19.7 Å². The van der Waals surface area contributed by atoms with Crippen LogP contribution in [-0.2, 0) is 6.54 Å². The van der Waals surface area contributed by atoms with Crippen molar-refractivity contribution in [3.63, 3.8) is 0 Å². The third-order valence-corrected chi connectivity index (χ3v) is 5.39. The Morgan fingerprint density at radius 2 is 1.68 bits per heavy atom. The molecule has 148 valence electrons. The summed E-state index contributed by atoms with van der Waals surface area (Å²) in [6.45, 7) is 6.32. The second-order valence-electron chi connectivity index (χ2n) is 7.22. The van der Waals surface area contributed by atoms with E-state index in [4.69, 9.17) is 16.8 Å². The summed E-state index contributed by atoms with van der Waals surface area (Å²) in [6.07, 6.45) is 0. The molecule has 0 spiro atoms. The molecule has 1 aliphatic heterocycles. The lowest BCUT2D eigenvalue weighted by atomic mass is 10.0. The monoisotopic (exact) mass is 401 g/mol. The molecule has 2 amide bonds. The minimum Gasteiger partial charge on any atom is -0.331 e. The molecule has 0 aliphatic carbocycles. The fourth-order valence-corrected chi connectivity index (χ4v) is 4.04. The minimum absolute atomic E-state index is 0.0374. The molecular formula is C21H24ClN3O3. The Kier molecular flexibility index (Phi) is 6.34. The number of carbonyl (C=O) groups excluding carboxylic acids is 2. The van der Waals surface area contributed by atoms with Gasteiger partial charge in [-0.1, -0.05) is 35.9 Å². The van der Waals surface area contributed by atoms with Gasteiger partial charge in [-0.05, 0) is 43.7 Å². The second kappa shape index (κ2) is 8.73. The summed E-state index contributed by atoms with van der Waals surface area (Å²) in [7, 11) is 0. The Labute approximate surface area is 169 Å². The van der Waals surface area contributed by atoms with E-state index in [0.29, 0.717) is 16.1 Å². The van der Waals surface area contributed by atoms with Gasteiger partial charge in [-0.15, -0.1) is 0 Å². The highest BCUT2D eigenvalue weighted by Crippen LogP contribution is 2.24. The van der Waals surface area contributed by atoms with Crippen LogP contribution < -0.4 is 5.48 Å². The number of hydrogen-bond donors (Lipinski definition) is 2. The van der Waals surface area contributed by atoms with Crippen molar-refractivity contribution >= 4 is 23.4 Å². The highest BCUT2D eigenvalue weighted by molar-refractivity contribution is 6.33. The largest absolute Gasteiger partial charge is 0.331 e. The minimum atomic E-state index is -0.527. The molecular weight excluding hydrogens is 378 g/mol. The summed E-state index contributed by atoms with van der Waals surface area (Å²) in [5.41, 5.74) is 3.64. The zero-order valence-corrected chi connectivity index (χ0v) is 16.7. The van der Waals surface area contributed by atoms with Crippen LogP contribution in [0.5, 0.6) is 0 Å². The topological polar surface area (TPSA) is 72.9 Å². The number of hydrogen-bond acceptors (Lipinski definition) is 4. The van der Waals surface area contributed by atoms with Crippen LogP contribution >= 0.6 is 11.6 Å². The molecule has 0 radical (unpaired) electrons. The number of piperazine rings is 1. The van der Waals surface area contributed by atoms with Gasteiger partial charge in [0.25, 0.3) is 11.8 Å². The van der Waals surface area contributed by atoms with E-state index in [0.717, 1.165) is 25.2 Å². The van der Waals surface area contributed by atoms with E-state index < -0.39 is 5.91 Å². The molecule has 3 rings (SSSR count). The van der Waals surface area contributed by atoms with Gasteiger partial charge < -0.3 is 4.90 Å². The van der Waals surface area contributed by atoms with E-state index >= 15 is 0 Å². The van der Waals surface area contributed by atoms with Crippen LogP contribution in [0.15, 0.2) is 48.5 Å². The summed E-state index contributed by atoms with van der Waals surface area (Å²) in [5, 5.41) is 9.17. The smallest absolute Gasteiger partial charge is 0.274 e. The van der Waals surface area contributed by atoms with Crippen molar-refractivity contribution in [2.24, 2.45) is 0 Å². The van der Waals surface area contributed by atoms with E-state index in [-0.39, 0.29) is 18.0 Å². The third kappa shape index (κ3) is 4.35. The number of nitrogens with zero attached hydrogens (tertiary/aromatic N) is 2. The zero-order chi connectivity index (χ0) is 20.3. The number of nitrogens with one attached hydrogen (secondary N) is 1. The highest BCUT2D eigenvalue weighted by atomic mass is 35.5. The molecule has 1 heterocycles. The molecule has 28 heavy (non-hydrogen) atoms. The van der Waals surface area contributed by atoms with Gasteiger partial charge in [0.2, 0.25) is 0 Å². The predicted molar refractivity (Wildman–Crippen MR) is 108 cm³/mol. The van der Waals surface area contributed by atoms with Gasteiger partial charge in [0.05, 0.1) is 10.6 Å². The molecule has 1 fully saturated rings. The Morgan fingerprint density at radius 3 is 2.25 bits per heavy atom. The van der Waals surface area contributed by atoms with Crippen LogP contribution in [0.25, 0.3) is 0 Å². The maximum absolute atomic E-state index is 13.0. The molecule has 6 nitrogen and oxygen atoms in total. The summed E-state index contributed by atoms with van der Waals surface area (Å²) in [4.78, 5) is 28.6. The van der Waals surface area contributed by atoms with E-state index in [2.05, 4.69) is 4.90 Å². The van der Waals surface area contributed by atoms with Crippen molar-refractivity contribution in [1.82, 2.24) is 15.3 Å². The average molecular weight is 402 g/mol. The molecule has 0 saturated carbocycles. The zero-order valence-electron chi connectivity index (χ0n) is 15.9. The summed E-state index contributed by atoms with van der Waals surface area (Å²) in [6, 6.07) is 14.4. The Morgan fingerprint density at radius 1 is 1.07 bits per heavy atom. The Hall–Kier alpha value is -2.41. The molecule has 1 aliphatic rings. The van der Waals surface area contributed by atoms with Crippen molar-refractivity contribution < 1.29 is 14.8 Å². The average Bonchev–Trinajstić information content (AvgIpc) is 2.67. The number of carbonyl (C=O) groups is 2. The second-order valence-corrected chi connectivity index (χ2v) is 7.63. The normalized spacial score (nSPS) is 20.1. The molecule has 1 unspecified atom stereocenters. The van der Waals surface area contributed by atoms with Gasteiger partial charge in [0.1, 0.15) is 0 Å². The SMILES string of the molecule is CC1CN(Cc2ccc(C(=O)NO)cc2)C[C@H](C)N1C(=O)c1ccccc1Cl. The molecule has 2 N–H and O–H groups in total. The number of hydroxylamine groups is 1. The van der Waals surface area contributed by atoms with Crippen LogP contribution in [0.2, 0.25) is 5.02 Å². The number of rotatable bonds is 4. The van der Waals surface area contributed by atoms with Crippen LogP contribution in [0.1, 0.15) is 40.1 Å². The number of benzene rings is 2. The number of amides is 2. The maximum atomic E-state index is 13.0. The summed E-state index contributed by atoms with van der Waals surface area (Å²) in [5.74, 6) is -0.565. The first kappa shape index (κ1) is 20.3. The summed E-state index contributed by atoms with van der Waals surface area (Å²) >= 11 is 6.21. The first-order chi connectivity index (χ1) is 13.4. The van der Waals surface area contributed by atoms with Gasteiger partial charge in [-0.25, -0.2) is 5.48 Å². The van der Waals surface area contributed by atoms with Crippen LogP contribution in [0.3, 0.4) is 0 Å². The van der Waals surface area contributed by atoms with Crippen molar-refractivity contribution in [3.05, 3.63) is 70.2 Å². The van der Waals surface area contributed by atoms with Crippen LogP contribution in [-0.4, -0.2) is 52.0 Å². The molecule has 2 atom stereocenters. The Balaban J connectivity index is 1.67. The van der Waals surface area contributed by atoms with E-state index in [9.17, 15) is 9.59 Å². The van der Waals surface area contributed by atoms with E-state index in [1.54, 1.807) is 29.7 Å². The first-order valence-electron chi connectivity index (χ1n) is 9.23. The van der Waals surface area contributed by atoms with Crippen molar-refractivity contribution in [3.8, 4) is 0 Å². The molecule has 2 aromatic rings. The highest BCUT2D eigenvalue weighted by Gasteiger charge is 2.33. The summed E-state index contributed by atoms with van der Waals surface area (Å²) < 4.78 is 0. The van der Waals surface area contributed by atoms with Gasteiger partial charge in [-0.2, -0.15) is 0 Å². The number of halogens is 1. The molecule has 1 saturated heterocycles. The molecule has 0 bridgehead atoms. The third-order valence-electron chi connectivity index (χ3n) is 5.06. The van der Waals surface area contributed by atoms with E-state index in [1.165, 1.54) is 0 Å². The van der Waals surface area contributed by atoms with Gasteiger partial charge in [0, 0.05) is 37.3 Å². The lowest BCUT2D eigenvalue weighted by molar-refractivity contribution is 0.0268. The standard InChI is InChI=1S/C21H24ClN3O3/c1-14-11-24(13-16-7-9-17(10-8-16)20(26)23-28)12-15(2)25(14)21(27)18-5-3-4-6-19(18)22/h3-10,14-15,28H,11-13H2,1-2H3,(H,23,26)/t14-,15?/m0/s1. The fraction of sp³-hybridized carbons (Fsp3) is 0.333. The molecule has 7 heteroatoms. The first-order valence-corrected chi connectivity index (χ1v) is 9.61. The molecule has 2 aromatic carbocycles. The Bertz CT molecular complexity index is 844. The lowest BCUT2D eigenvalue weighted by Gasteiger charge is -2.44. The predicted octanol–water partition coefficient (Wildman–Crippen LogP) is 3.19. The fourth-order valence-electron chi connectivity index (χ4n) is 3.82. The maximum Gasteiger partial charge on any atom is 0.274 e. The van der Waals surface area contributed by atoms with E-state index in [1.807, 2.05) is 43.0 Å². The van der Waals surface area contributed by atoms with Gasteiger partial charge in [0.15, 0.2) is 0 Å². The van der Waals surface area contributed by atoms with Crippen molar-refractivity contribution in [2.45, 2.75) is 32.5 Å². The van der Waals surface area contributed by atoms with Crippen molar-refractivity contribution in [2.75, 3.05) is 13.1 Å². The lowest BCUT2D eigenvalue weighted by Crippen LogP contribution is -2.58. The van der Waals surface area contributed by atoms with Crippen LogP contribution in [0, 0.1) is 0 Å². The van der Waals surface area contributed by atoms with Crippen molar-refractivity contribution in [1.29, 1.82) is 0 Å². The quantitative estimate of drug-likeness (QED) is 0.609. The van der Waals surface area contributed by atoms with Crippen LogP contribution in [0.4, 0.5) is 0 Å². The molecule has 0 aromatic heterocycles.